The van der Waals surface area contributed by atoms with Crippen molar-refractivity contribution in [1.82, 2.24) is 9.88 Å². The van der Waals surface area contributed by atoms with E-state index in [4.69, 9.17) is 0 Å². The fourth-order valence-electron chi connectivity index (χ4n) is 3.88. The van der Waals surface area contributed by atoms with Crippen molar-refractivity contribution in [1.29, 1.82) is 0 Å². The van der Waals surface area contributed by atoms with Crippen LogP contribution in [0.2, 0.25) is 0 Å². The van der Waals surface area contributed by atoms with Crippen LogP contribution in [0.15, 0.2) is 48.5 Å². The number of aromatic amines is 1. The van der Waals surface area contributed by atoms with Crippen LogP contribution in [0.25, 0.3) is 10.9 Å². The number of rotatable bonds is 3. The molecule has 1 N–H and O–H groups in total. The Morgan fingerprint density at radius 1 is 1.15 bits per heavy atom. The van der Waals surface area contributed by atoms with Crippen molar-refractivity contribution in [3.63, 3.8) is 0 Å². The number of nitrogens with zero attached hydrogens (tertiary/aromatic N) is 2. The van der Waals surface area contributed by atoms with E-state index in [9.17, 15) is 4.79 Å². The number of aromatic nitrogens is 1. The minimum atomic E-state index is 0.0941. The number of nitrogens with one attached hydrogen (secondary N) is 1. The molecule has 0 radical (unpaired) electrons. The van der Waals surface area contributed by atoms with Gasteiger partial charge in [-0.05, 0) is 55.2 Å². The molecule has 1 atom stereocenters. The molecule has 2 heterocycles. The Kier molecular flexibility index (Phi) is 4.19. The summed E-state index contributed by atoms with van der Waals surface area (Å²) in [7, 11) is 4.09. The smallest absolute Gasteiger partial charge is 0.270 e. The number of fused-ring (bicyclic) bond motifs is 1. The third kappa shape index (κ3) is 2.96. The predicted octanol–water partition coefficient (Wildman–Crippen LogP) is 4.52. The Morgan fingerprint density at radius 3 is 2.81 bits per heavy atom. The van der Waals surface area contributed by atoms with Gasteiger partial charge in [0.05, 0.1) is 6.04 Å². The molecular formula is C22H25N3O. The number of carbonyl (C=O) groups excluding carboxylic acids is 1. The summed E-state index contributed by atoms with van der Waals surface area (Å²) in [6.45, 7) is 2.88. The summed E-state index contributed by atoms with van der Waals surface area (Å²) >= 11 is 0. The van der Waals surface area contributed by atoms with Crippen molar-refractivity contribution in [2.24, 2.45) is 0 Å². The van der Waals surface area contributed by atoms with Crippen LogP contribution in [0.5, 0.6) is 0 Å². The van der Waals surface area contributed by atoms with Crippen LogP contribution >= 0.6 is 0 Å². The van der Waals surface area contributed by atoms with E-state index in [1.54, 1.807) is 0 Å². The molecule has 26 heavy (non-hydrogen) atoms. The summed E-state index contributed by atoms with van der Waals surface area (Å²) in [6, 6.07) is 16.9. The zero-order valence-electron chi connectivity index (χ0n) is 15.6. The van der Waals surface area contributed by atoms with Crippen LogP contribution in [-0.4, -0.2) is 36.4 Å². The number of carbonyl (C=O) groups is 1. The highest BCUT2D eigenvalue weighted by molar-refractivity contribution is 5.98. The number of amides is 1. The van der Waals surface area contributed by atoms with Crippen molar-refractivity contribution in [2.45, 2.75) is 25.8 Å². The van der Waals surface area contributed by atoms with E-state index in [1.165, 1.54) is 16.8 Å². The highest BCUT2D eigenvalue weighted by Gasteiger charge is 2.31. The van der Waals surface area contributed by atoms with Gasteiger partial charge in [-0.1, -0.05) is 24.3 Å². The standard InChI is InChI=1S/C22H25N3O/c1-15-9-10-16-14-20(23-19(16)12-15)22(26)25-11-5-8-21(25)17-6-4-7-18(13-17)24(2)3/h4,6-7,9-10,12-14,21,23H,5,8,11H2,1-3H3. The Labute approximate surface area is 154 Å². The quantitative estimate of drug-likeness (QED) is 0.756. The van der Waals surface area contributed by atoms with Gasteiger partial charge >= 0.3 is 0 Å². The molecule has 4 rings (SSSR count). The molecule has 1 aliphatic heterocycles. The van der Waals surface area contributed by atoms with Gasteiger partial charge < -0.3 is 14.8 Å². The molecule has 1 aromatic heterocycles. The Bertz CT molecular complexity index is 957. The molecule has 1 saturated heterocycles. The van der Waals surface area contributed by atoms with Gasteiger partial charge in [0.1, 0.15) is 5.69 Å². The molecule has 134 valence electrons. The molecule has 4 nitrogen and oxygen atoms in total. The molecule has 2 aromatic carbocycles. The molecule has 0 aliphatic carbocycles. The molecular weight excluding hydrogens is 322 g/mol. The lowest BCUT2D eigenvalue weighted by Gasteiger charge is -2.25. The summed E-state index contributed by atoms with van der Waals surface area (Å²) in [5.41, 5.74) is 5.29. The minimum Gasteiger partial charge on any atom is -0.378 e. The van der Waals surface area contributed by atoms with Crippen LogP contribution in [0.3, 0.4) is 0 Å². The van der Waals surface area contributed by atoms with Gasteiger partial charge in [0, 0.05) is 37.2 Å². The highest BCUT2D eigenvalue weighted by atomic mass is 16.2. The second-order valence-corrected chi connectivity index (χ2v) is 7.42. The van der Waals surface area contributed by atoms with Crippen LogP contribution in [0.4, 0.5) is 5.69 Å². The first kappa shape index (κ1) is 16.7. The van der Waals surface area contributed by atoms with Crippen LogP contribution in [-0.2, 0) is 0 Å². The molecule has 4 heteroatoms. The van der Waals surface area contributed by atoms with E-state index in [2.05, 4.69) is 59.3 Å². The Balaban J connectivity index is 1.65. The third-order valence-corrected chi connectivity index (χ3v) is 5.29. The Morgan fingerprint density at radius 2 is 2.00 bits per heavy atom. The molecule has 0 saturated carbocycles. The number of anilines is 1. The molecule has 0 bridgehead atoms. The number of aryl methyl sites for hydroxylation is 1. The van der Waals surface area contributed by atoms with Gasteiger partial charge in [-0.2, -0.15) is 0 Å². The average Bonchev–Trinajstić information content (AvgIpc) is 3.27. The van der Waals surface area contributed by atoms with Crippen LogP contribution < -0.4 is 4.90 Å². The maximum Gasteiger partial charge on any atom is 0.270 e. The summed E-state index contributed by atoms with van der Waals surface area (Å²) in [4.78, 5) is 20.6. The fraction of sp³-hybridized carbons (Fsp3) is 0.318. The van der Waals surface area contributed by atoms with Gasteiger partial charge in [0.15, 0.2) is 0 Å². The van der Waals surface area contributed by atoms with E-state index < -0.39 is 0 Å². The van der Waals surface area contributed by atoms with Gasteiger partial charge in [0.2, 0.25) is 0 Å². The second kappa shape index (κ2) is 6.52. The first-order valence-corrected chi connectivity index (χ1v) is 9.20. The van der Waals surface area contributed by atoms with Crippen molar-refractivity contribution < 1.29 is 4.79 Å². The largest absolute Gasteiger partial charge is 0.378 e. The van der Waals surface area contributed by atoms with Crippen LogP contribution in [0.1, 0.15) is 40.5 Å². The highest BCUT2D eigenvalue weighted by Crippen LogP contribution is 2.34. The number of H-pyrrole nitrogens is 1. The number of likely N-dealkylation sites (tertiary alicyclic amines) is 1. The van der Waals surface area contributed by atoms with Gasteiger partial charge in [-0.15, -0.1) is 0 Å². The van der Waals surface area contributed by atoms with E-state index in [1.807, 2.05) is 25.1 Å². The number of hydrogen-bond donors (Lipinski definition) is 1. The number of hydrogen-bond acceptors (Lipinski definition) is 2. The lowest BCUT2D eigenvalue weighted by Crippen LogP contribution is -2.30. The zero-order chi connectivity index (χ0) is 18.3. The first-order valence-electron chi connectivity index (χ1n) is 9.20. The fourth-order valence-corrected chi connectivity index (χ4v) is 3.88. The van der Waals surface area contributed by atoms with Gasteiger partial charge in [-0.25, -0.2) is 0 Å². The third-order valence-electron chi connectivity index (χ3n) is 5.29. The maximum atomic E-state index is 13.2. The van der Waals surface area contributed by atoms with E-state index in [0.29, 0.717) is 5.69 Å². The Hall–Kier alpha value is -2.75. The first-order chi connectivity index (χ1) is 12.5. The molecule has 3 aromatic rings. The lowest BCUT2D eigenvalue weighted by atomic mass is 10.0. The minimum absolute atomic E-state index is 0.0941. The average molecular weight is 347 g/mol. The van der Waals surface area contributed by atoms with E-state index in [-0.39, 0.29) is 11.9 Å². The lowest BCUT2D eigenvalue weighted by molar-refractivity contribution is 0.0730. The monoisotopic (exact) mass is 347 g/mol. The summed E-state index contributed by atoms with van der Waals surface area (Å²) in [5.74, 6) is 0.0941. The van der Waals surface area contributed by atoms with Crippen molar-refractivity contribution in [3.8, 4) is 0 Å². The summed E-state index contributed by atoms with van der Waals surface area (Å²) < 4.78 is 0. The topological polar surface area (TPSA) is 39.3 Å². The number of benzene rings is 2. The summed E-state index contributed by atoms with van der Waals surface area (Å²) in [5, 5.41) is 1.09. The molecule has 1 unspecified atom stereocenters. The molecule has 1 amide bonds. The molecule has 0 spiro atoms. The summed E-state index contributed by atoms with van der Waals surface area (Å²) in [6.07, 6.45) is 2.06. The molecule has 1 fully saturated rings. The SMILES string of the molecule is Cc1ccc2cc(C(=O)N3CCCC3c3cccc(N(C)C)c3)[nH]c2c1. The van der Waals surface area contributed by atoms with Crippen molar-refractivity contribution in [3.05, 3.63) is 65.4 Å². The van der Waals surface area contributed by atoms with Crippen molar-refractivity contribution >= 4 is 22.5 Å². The molecule has 1 aliphatic rings. The zero-order valence-corrected chi connectivity index (χ0v) is 15.6. The van der Waals surface area contributed by atoms with E-state index >= 15 is 0 Å². The van der Waals surface area contributed by atoms with Gasteiger partial charge in [-0.3, -0.25) is 4.79 Å². The van der Waals surface area contributed by atoms with Crippen LogP contribution in [0, 0.1) is 6.92 Å². The van der Waals surface area contributed by atoms with Crippen molar-refractivity contribution in [2.75, 3.05) is 25.5 Å². The predicted molar refractivity (Wildman–Crippen MR) is 107 cm³/mol. The maximum absolute atomic E-state index is 13.2. The van der Waals surface area contributed by atoms with Gasteiger partial charge in [0.25, 0.3) is 5.91 Å². The second-order valence-electron chi connectivity index (χ2n) is 7.42. The van der Waals surface area contributed by atoms with E-state index in [0.717, 1.165) is 30.3 Å². The normalized spacial score (nSPS) is 17.0.